The number of carbonyl (C=O) groups excluding carboxylic acids is 1. The topological polar surface area (TPSA) is 41.5 Å². The summed E-state index contributed by atoms with van der Waals surface area (Å²) in [6, 6.07) is 7.61. The van der Waals surface area contributed by atoms with E-state index in [9.17, 15) is 4.79 Å². The maximum absolute atomic E-state index is 11.8. The monoisotopic (exact) mass is 202 g/mol. The van der Waals surface area contributed by atoms with E-state index in [1.807, 2.05) is 38.1 Å². The van der Waals surface area contributed by atoms with Crippen LogP contribution in [0.4, 0.5) is 11.4 Å². The Bertz CT molecular complexity index is 423. The van der Waals surface area contributed by atoms with Crippen LogP contribution in [-0.2, 0) is 4.79 Å². The van der Waals surface area contributed by atoms with Crippen LogP contribution >= 0.6 is 0 Å². The number of anilines is 1. The Morgan fingerprint density at radius 1 is 1.40 bits per heavy atom. The third-order valence-corrected chi connectivity index (χ3v) is 2.69. The number of hydrogen-bond donors (Lipinski definition) is 1. The predicted molar refractivity (Wildman–Crippen MR) is 61.6 cm³/mol. The minimum absolute atomic E-state index is 0.0451. The van der Waals surface area contributed by atoms with Crippen molar-refractivity contribution in [1.29, 1.82) is 0 Å². The van der Waals surface area contributed by atoms with Crippen LogP contribution in [0, 0.1) is 5.92 Å². The molecule has 0 radical (unpaired) electrons. The van der Waals surface area contributed by atoms with Gasteiger partial charge in [-0.15, -0.1) is 0 Å². The summed E-state index contributed by atoms with van der Waals surface area (Å²) >= 11 is 0. The molecular weight excluding hydrogens is 188 g/mol. The summed E-state index contributed by atoms with van der Waals surface area (Å²) in [5.74, 6) is -0.0545. The molecule has 1 aromatic carbocycles. The molecule has 1 amide bonds. The lowest BCUT2D eigenvalue weighted by Crippen LogP contribution is -2.26. The molecule has 15 heavy (non-hydrogen) atoms. The summed E-state index contributed by atoms with van der Waals surface area (Å²) in [5, 5.41) is 2.90. The number of carbonyl (C=O) groups is 1. The molecule has 1 unspecified atom stereocenters. The molecule has 1 atom stereocenters. The van der Waals surface area contributed by atoms with Crippen LogP contribution in [0.15, 0.2) is 29.3 Å². The molecule has 1 aliphatic heterocycles. The summed E-state index contributed by atoms with van der Waals surface area (Å²) in [6.45, 7) is 3.91. The molecule has 0 saturated carbocycles. The van der Waals surface area contributed by atoms with Crippen molar-refractivity contribution in [3.8, 4) is 0 Å². The quantitative estimate of drug-likeness (QED) is 0.747. The van der Waals surface area contributed by atoms with Gasteiger partial charge in [0.25, 0.3) is 0 Å². The van der Waals surface area contributed by atoms with Gasteiger partial charge in [-0.05, 0) is 25.5 Å². The number of amides is 1. The van der Waals surface area contributed by atoms with Gasteiger partial charge in [-0.25, -0.2) is 0 Å². The second kappa shape index (κ2) is 3.85. The molecule has 1 N–H and O–H groups in total. The first-order valence-electron chi connectivity index (χ1n) is 5.17. The molecule has 0 bridgehead atoms. The van der Waals surface area contributed by atoms with Crippen molar-refractivity contribution in [2.24, 2.45) is 10.9 Å². The fraction of sp³-hybridized carbons (Fsp3) is 0.333. The summed E-state index contributed by atoms with van der Waals surface area (Å²) < 4.78 is 0. The number of hydrogen-bond acceptors (Lipinski definition) is 2. The van der Waals surface area contributed by atoms with Crippen molar-refractivity contribution in [2.75, 3.05) is 5.32 Å². The molecular formula is C12H14N2O. The van der Waals surface area contributed by atoms with E-state index in [0.29, 0.717) is 0 Å². The minimum Gasteiger partial charge on any atom is -0.324 e. The van der Waals surface area contributed by atoms with Gasteiger partial charge in [0.05, 0.1) is 17.3 Å². The molecule has 0 saturated heterocycles. The predicted octanol–water partition coefficient (Wildman–Crippen LogP) is 2.76. The highest BCUT2D eigenvalue weighted by Crippen LogP contribution is 2.29. The van der Waals surface area contributed by atoms with Crippen molar-refractivity contribution in [1.82, 2.24) is 0 Å². The van der Waals surface area contributed by atoms with E-state index in [1.165, 1.54) is 0 Å². The SMILES string of the molecule is CCC1C(=O)Nc2ccccc2N=C1C. The Hall–Kier alpha value is -1.64. The molecule has 78 valence electrons. The van der Waals surface area contributed by atoms with E-state index < -0.39 is 0 Å². The Morgan fingerprint density at radius 3 is 2.87 bits per heavy atom. The zero-order valence-electron chi connectivity index (χ0n) is 8.95. The average Bonchev–Trinajstić information content (AvgIpc) is 2.33. The number of para-hydroxylation sites is 2. The Morgan fingerprint density at radius 2 is 2.13 bits per heavy atom. The van der Waals surface area contributed by atoms with E-state index in [-0.39, 0.29) is 11.8 Å². The van der Waals surface area contributed by atoms with Crippen molar-refractivity contribution >= 4 is 23.0 Å². The summed E-state index contributed by atoms with van der Waals surface area (Å²) in [5.41, 5.74) is 2.54. The molecule has 0 spiro atoms. The van der Waals surface area contributed by atoms with Crippen LogP contribution in [-0.4, -0.2) is 11.6 Å². The maximum Gasteiger partial charge on any atom is 0.233 e. The smallest absolute Gasteiger partial charge is 0.233 e. The third kappa shape index (κ3) is 1.77. The van der Waals surface area contributed by atoms with Crippen LogP contribution in [0.25, 0.3) is 0 Å². The van der Waals surface area contributed by atoms with Gasteiger partial charge >= 0.3 is 0 Å². The lowest BCUT2D eigenvalue weighted by molar-refractivity contribution is -0.118. The van der Waals surface area contributed by atoms with Gasteiger partial charge < -0.3 is 5.32 Å². The number of fused-ring (bicyclic) bond motifs is 1. The van der Waals surface area contributed by atoms with E-state index in [4.69, 9.17) is 0 Å². The van der Waals surface area contributed by atoms with Gasteiger partial charge in [0.2, 0.25) is 5.91 Å². The zero-order chi connectivity index (χ0) is 10.8. The summed E-state index contributed by atoms with van der Waals surface area (Å²) in [7, 11) is 0. The number of rotatable bonds is 1. The fourth-order valence-corrected chi connectivity index (χ4v) is 1.84. The molecule has 3 heteroatoms. The summed E-state index contributed by atoms with van der Waals surface area (Å²) in [4.78, 5) is 16.3. The first kappa shape index (κ1) is 9.90. The van der Waals surface area contributed by atoms with E-state index in [2.05, 4.69) is 10.3 Å². The number of benzene rings is 1. The molecule has 1 heterocycles. The first-order valence-corrected chi connectivity index (χ1v) is 5.17. The molecule has 1 aromatic rings. The Balaban J connectivity index is 2.48. The van der Waals surface area contributed by atoms with E-state index in [0.717, 1.165) is 23.5 Å². The van der Waals surface area contributed by atoms with Crippen molar-refractivity contribution in [2.45, 2.75) is 20.3 Å². The average molecular weight is 202 g/mol. The van der Waals surface area contributed by atoms with Gasteiger partial charge in [0.15, 0.2) is 0 Å². The van der Waals surface area contributed by atoms with Crippen molar-refractivity contribution < 1.29 is 4.79 Å². The number of aliphatic imine (C=N–C) groups is 1. The van der Waals surface area contributed by atoms with Crippen LogP contribution in [0.1, 0.15) is 20.3 Å². The fourth-order valence-electron chi connectivity index (χ4n) is 1.84. The maximum atomic E-state index is 11.8. The molecule has 0 fully saturated rings. The van der Waals surface area contributed by atoms with Crippen LogP contribution in [0.2, 0.25) is 0 Å². The third-order valence-electron chi connectivity index (χ3n) is 2.69. The Kier molecular flexibility index (Phi) is 2.54. The lowest BCUT2D eigenvalue weighted by Gasteiger charge is -2.10. The summed E-state index contributed by atoms with van der Waals surface area (Å²) in [6.07, 6.45) is 0.787. The van der Waals surface area contributed by atoms with Crippen LogP contribution < -0.4 is 5.32 Å². The highest BCUT2D eigenvalue weighted by atomic mass is 16.1. The second-order valence-electron chi connectivity index (χ2n) is 3.72. The largest absolute Gasteiger partial charge is 0.324 e. The highest BCUT2D eigenvalue weighted by molar-refractivity contribution is 6.12. The zero-order valence-corrected chi connectivity index (χ0v) is 8.95. The van der Waals surface area contributed by atoms with Gasteiger partial charge in [0.1, 0.15) is 0 Å². The molecule has 0 aromatic heterocycles. The highest BCUT2D eigenvalue weighted by Gasteiger charge is 2.23. The van der Waals surface area contributed by atoms with E-state index >= 15 is 0 Å². The van der Waals surface area contributed by atoms with Crippen LogP contribution in [0.5, 0.6) is 0 Å². The number of nitrogens with one attached hydrogen (secondary N) is 1. The lowest BCUT2D eigenvalue weighted by atomic mass is 10.0. The molecule has 1 aliphatic rings. The number of nitrogens with zero attached hydrogens (tertiary/aromatic N) is 1. The van der Waals surface area contributed by atoms with Crippen molar-refractivity contribution in [3.05, 3.63) is 24.3 Å². The van der Waals surface area contributed by atoms with Gasteiger partial charge in [-0.2, -0.15) is 0 Å². The Labute approximate surface area is 89.2 Å². The minimum atomic E-state index is -0.0996. The van der Waals surface area contributed by atoms with Gasteiger partial charge in [-0.1, -0.05) is 19.1 Å². The first-order chi connectivity index (χ1) is 7.22. The molecule has 3 nitrogen and oxygen atoms in total. The van der Waals surface area contributed by atoms with Gasteiger partial charge in [0, 0.05) is 5.71 Å². The van der Waals surface area contributed by atoms with E-state index in [1.54, 1.807) is 0 Å². The van der Waals surface area contributed by atoms with Crippen LogP contribution in [0.3, 0.4) is 0 Å². The standard InChI is InChI=1S/C12H14N2O/c1-3-9-8(2)13-10-6-4-5-7-11(10)14-12(9)15/h4-7,9H,3H2,1-2H3,(H,14,15). The molecule has 2 rings (SSSR count). The van der Waals surface area contributed by atoms with Crippen molar-refractivity contribution in [3.63, 3.8) is 0 Å². The molecule has 0 aliphatic carbocycles. The second-order valence-corrected chi connectivity index (χ2v) is 3.72. The normalized spacial score (nSPS) is 20.0. The van der Waals surface area contributed by atoms with Gasteiger partial charge in [-0.3, -0.25) is 9.79 Å².